The average Bonchev–Trinajstić information content (AvgIpc) is 2.82. The Morgan fingerprint density at radius 1 is 1.47 bits per heavy atom. The van der Waals surface area contributed by atoms with Crippen LogP contribution in [0.2, 0.25) is 0 Å². The number of carboxylic acids is 1. The van der Waals surface area contributed by atoms with E-state index in [-0.39, 0.29) is 17.9 Å². The third kappa shape index (κ3) is 2.53. The number of aliphatic hydroxyl groups is 1. The van der Waals surface area contributed by atoms with Crippen molar-refractivity contribution in [1.29, 1.82) is 0 Å². The Kier molecular flexibility index (Phi) is 3.69. The molecule has 2 N–H and O–H groups in total. The SMILES string of the molecule is Cc1cc(S(=O)(=O)N2C[C@H](O)C[C@@H]2C(=O)O)c(C)s1. The summed E-state index contributed by atoms with van der Waals surface area (Å²) in [6, 6.07) is 0.346. The molecule has 0 radical (unpaired) electrons. The second-order valence-electron chi connectivity index (χ2n) is 4.60. The summed E-state index contributed by atoms with van der Waals surface area (Å²) in [5.74, 6) is -1.23. The third-order valence-corrected chi connectivity index (χ3v) is 6.20. The van der Waals surface area contributed by atoms with Gasteiger partial charge in [-0.25, -0.2) is 8.42 Å². The Labute approximate surface area is 115 Å². The number of hydrogen-bond acceptors (Lipinski definition) is 5. The molecule has 0 aliphatic carbocycles. The molecule has 1 aliphatic heterocycles. The molecule has 19 heavy (non-hydrogen) atoms. The van der Waals surface area contributed by atoms with Crippen LogP contribution >= 0.6 is 11.3 Å². The van der Waals surface area contributed by atoms with Crippen molar-refractivity contribution in [2.75, 3.05) is 6.54 Å². The maximum Gasteiger partial charge on any atom is 0.322 e. The van der Waals surface area contributed by atoms with Gasteiger partial charge >= 0.3 is 5.97 Å². The normalized spacial score (nSPS) is 24.8. The van der Waals surface area contributed by atoms with Crippen LogP contribution in [-0.4, -0.2) is 47.6 Å². The molecule has 1 aliphatic rings. The van der Waals surface area contributed by atoms with Crippen molar-refractivity contribution in [1.82, 2.24) is 4.31 Å². The van der Waals surface area contributed by atoms with E-state index in [2.05, 4.69) is 0 Å². The largest absolute Gasteiger partial charge is 0.480 e. The highest BCUT2D eigenvalue weighted by Gasteiger charge is 2.44. The van der Waals surface area contributed by atoms with Crippen LogP contribution in [0.25, 0.3) is 0 Å². The number of β-amino-alcohol motifs (C(OH)–C–C–N with tert-alkyl or cyclic N) is 1. The van der Waals surface area contributed by atoms with Gasteiger partial charge in [0.15, 0.2) is 0 Å². The van der Waals surface area contributed by atoms with Crippen molar-refractivity contribution in [3.63, 3.8) is 0 Å². The lowest BCUT2D eigenvalue weighted by Crippen LogP contribution is -2.40. The minimum absolute atomic E-state index is 0.0727. The van der Waals surface area contributed by atoms with Gasteiger partial charge in [-0.1, -0.05) is 0 Å². The molecule has 6 nitrogen and oxygen atoms in total. The summed E-state index contributed by atoms with van der Waals surface area (Å²) >= 11 is 1.35. The quantitative estimate of drug-likeness (QED) is 0.851. The molecule has 0 unspecified atom stereocenters. The van der Waals surface area contributed by atoms with Gasteiger partial charge in [-0.2, -0.15) is 4.31 Å². The molecule has 1 saturated heterocycles. The van der Waals surface area contributed by atoms with Crippen LogP contribution in [0.4, 0.5) is 0 Å². The second-order valence-corrected chi connectivity index (χ2v) is 7.92. The first-order valence-electron chi connectivity index (χ1n) is 5.73. The first-order valence-corrected chi connectivity index (χ1v) is 7.99. The van der Waals surface area contributed by atoms with E-state index in [4.69, 9.17) is 5.11 Å². The molecular weight excluding hydrogens is 290 g/mol. The molecule has 106 valence electrons. The molecule has 1 aromatic rings. The molecule has 0 spiro atoms. The number of nitrogens with zero attached hydrogens (tertiary/aromatic N) is 1. The molecule has 1 aromatic heterocycles. The lowest BCUT2D eigenvalue weighted by Gasteiger charge is -2.20. The number of aryl methyl sites for hydroxylation is 2. The topological polar surface area (TPSA) is 94.9 Å². The van der Waals surface area contributed by atoms with E-state index >= 15 is 0 Å². The molecule has 0 bridgehead atoms. The first-order chi connectivity index (χ1) is 8.73. The van der Waals surface area contributed by atoms with Crippen molar-refractivity contribution in [2.24, 2.45) is 0 Å². The zero-order valence-corrected chi connectivity index (χ0v) is 12.2. The van der Waals surface area contributed by atoms with E-state index in [1.165, 1.54) is 11.3 Å². The second kappa shape index (κ2) is 4.86. The van der Waals surface area contributed by atoms with E-state index in [1.54, 1.807) is 19.9 Å². The predicted molar refractivity (Wildman–Crippen MR) is 69.7 cm³/mol. The van der Waals surface area contributed by atoms with Crippen molar-refractivity contribution < 1.29 is 23.4 Å². The monoisotopic (exact) mass is 305 g/mol. The fraction of sp³-hybridized carbons (Fsp3) is 0.545. The molecule has 0 saturated carbocycles. The Bertz CT molecular complexity index is 607. The van der Waals surface area contributed by atoms with E-state index in [0.29, 0.717) is 4.88 Å². The highest BCUT2D eigenvalue weighted by Crippen LogP contribution is 2.32. The zero-order valence-electron chi connectivity index (χ0n) is 10.5. The van der Waals surface area contributed by atoms with Crippen LogP contribution in [0.15, 0.2) is 11.0 Å². The summed E-state index contributed by atoms with van der Waals surface area (Å²) in [4.78, 5) is 12.7. The van der Waals surface area contributed by atoms with Crippen LogP contribution in [0, 0.1) is 13.8 Å². The summed E-state index contributed by atoms with van der Waals surface area (Å²) in [5.41, 5.74) is 0. The maximum atomic E-state index is 12.5. The molecule has 2 rings (SSSR count). The van der Waals surface area contributed by atoms with Gasteiger partial charge < -0.3 is 10.2 Å². The van der Waals surface area contributed by atoms with Gasteiger partial charge in [0, 0.05) is 22.7 Å². The summed E-state index contributed by atoms with van der Waals surface area (Å²) < 4.78 is 25.9. The standard InChI is InChI=1S/C11H15NO5S2/c1-6-3-10(7(2)18-6)19(16,17)12-5-8(13)4-9(12)11(14)15/h3,8-9,13H,4-5H2,1-2H3,(H,14,15)/t8-,9-/m1/s1. The van der Waals surface area contributed by atoms with Crippen LogP contribution in [0.5, 0.6) is 0 Å². The van der Waals surface area contributed by atoms with Crippen molar-refractivity contribution in [3.05, 3.63) is 15.8 Å². The van der Waals surface area contributed by atoms with Gasteiger partial charge in [0.25, 0.3) is 0 Å². The number of rotatable bonds is 3. The zero-order chi connectivity index (χ0) is 14.4. The van der Waals surface area contributed by atoms with Crippen LogP contribution in [-0.2, 0) is 14.8 Å². The summed E-state index contributed by atoms with van der Waals surface area (Å²) in [5, 5.41) is 18.6. The Morgan fingerprint density at radius 3 is 2.58 bits per heavy atom. The van der Waals surface area contributed by atoms with Gasteiger partial charge in [-0.3, -0.25) is 4.79 Å². The fourth-order valence-electron chi connectivity index (χ4n) is 2.26. The van der Waals surface area contributed by atoms with Gasteiger partial charge in [0.05, 0.1) is 11.0 Å². The number of aliphatic hydroxyl groups excluding tert-OH is 1. The van der Waals surface area contributed by atoms with E-state index < -0.39 is 28.1 Å². The van der Waals surface area contributed by atoms with E-state index in [1.807, 2.05) is 0 Å². The van der Waals surface area contributed by atoms with Crippen LogP contribution in [0.3, 0.4) is 0 Å². The van der Waals surface area contributed by atoms with Gasteiger partial charge in [0.2, 0.25) is 10.0 Å². The Balaban J connectivity index is 2.44. The molecular formula is C11H15NO5S2. The molecule has 1 fully saturated rings. The van der Waals surface area contributed by atoms with Crippen LogP contribution < -0.4 is 0 Å². The van der Waals surface area contributed by atoms with E-state index in [0.717, 1.165) is 9.18 Å². The number of carboxylic acid groups (broad SMARTS) is 1. The van der Waals surface area contributed by atoms with Gasteiger partial charge in [0.1, 0.15) is 6.04 Å². The lowest BCUT2D eigenvalue weighted by atomic mass is 10.2. The smallest absolute Gasteiger partial charge is 0.322 e. The van der Waals surface area contributed by atoms with Crippen molar-refractivity contribution >= 4 is 27.3 Å². The number of hydrogen-bond donors (Lipinski definition) is 2. The molecule has 2 heterocycles. The average molecular weight is 305 g/mol. The van der Waals surface area contributed by atoms with Crippen LogP contribution in [0.1, 0.15) is 16.2 Å². The van der Waals surface area contributed by atoms with E-state index in [9.17, 15) is 18.3 Å². The highest BCUT2D eigenvalue weighted by molar-refractivity contribution is 7.89. The number of thiophene rings is 1. The molecule has 2 atom stereocenters. The Hall–Kier alpha value is -0.960. The van der Waals surface area contributed by atoms with Crippen molar-refractivity contribution in [3.8, 4) is 0 Å². The Morgan fingerprint density at radius 2 is 2.11 bits per heavy atom. The highest BCUT2D eigenvalue weighted by atomic mass is 32.2. The van der Waals surface area contributed by atoms with Gasteiger partial charge in [-0.05, 0) is 19.9 Å². The number of carbonyl (C=O) groups is 1. The maximum absolute atomic E-state index is 12.5. The van der Waals surface area contributed by atoms with Crippen molar-refractivity contribution in [2.45, 2.75) is 37.3 Å². The fourth-order valence-corrected chi connectivity index (χ4v) is 5.42. The summed E-state index contributed by atoms with van der Waals surface area (Å²) in [6.45, 7) is 3.31. The summed E-state index contributed by atoms with van der Waals surface area (Å²) in [6.07, 6.45) is -1.01. The number of sulfonamides is 1. The molecule has 0 amide bonds. The van der Waals surface area contributed by atoms with Gasteiger partial charge in [-0.15, -0.1) is 11.3 Å². The minimum Gasteiger partial charge on any atom is -0.480 e. The molecule has 8 heteroatoms. The third-order valence-electron chi connectivity index (χ3n) is 3.10. The summed E-state index contributed by atoms with van der Waals surface area (Å²) in [7, 11) is -3.87. The minimum atomic E-state index is -3.87. The lowest BCUT2D eigenvalue weighted by molar-refractivity contribution is -0.140. The number of aliphatic carboxylic acids is 1. The first kappa shape index (κ1) is 14.4. The predicted octanol–water partition coefficient (Wildman–Crippen LogP) is 0.573. The molecule has 0 aromatic carbocycles.